The maximum Gasteiger partial charge on any atom is 0.257 e. The second-order valence-corrected chi connectivity index (χ2v) is 5.57. The molecule has 1 aliphatic rings. The molecule has 2 heterocycles. The van der Waals surface area contributed by atoms with Crippen molar-refractivity contribution in [3.05, 3.63) is 23.9 Å². The van der Waals surface area contributed by atoms with Crippen LogP contribution in [0.2, 0.25) is 0 Å². The first-order valence-electron chi connectivity index (χ1n) is 7.74. The second kappa shape index (κ2) is 7.98. The Balaban J connectivity index is 2.00. The van der Waals surface area contributed by atoms with Gasteiger partial charge in [-0.15, -0.1) is 0 Å². The minimum atomic E-state index is 0.0354. The number of nitrogens with one attached hydrogen (secondary N) is 1. The fourth-order valence-electron chi connectivity index (χ4n) is 2.57. The summed E-state index contributed by atoms with van der Waals surface area (Å²) in [6, 6.07) is 3.65. The Morgan fingerprint density at radius 1 is 1.48 bits per heavy atom. The van der Waals surface area contributed by atoms with Crippen LogP contribution >= 0.6 is 0 Å². The Bertz CT molecular complexity index is 459. The number of nitrogens with zero attached hydrogens (tertiary/aromatic N) is 2. The molecule has 0 bridgehead atoms. The molecule has 1 saturated heterocycles. The largest absolute Gasteiger partial charge is 0.381 e. The number of ether oxygens (including phenoxy) is 1. The third-order valence-corrected chi connectivity index (χ3v) is 3.80. The third kappa shape index (κ3) is 4.43. The number of rotatable bonds is 6. The number of anilines is 1. The number of carbonyl (C=O) groups is 1. The first-order chi connectivity index (χ1) is 10.2. The summed E-state index contributed by atoms with van der Waals surface area (Å²) >= 11 is 0. The van der Waals surface area contributed by atoms with Crippen molar-refractivity contribution in [3.8, 4) is 0 Å². The van der Waals surface area contributed by atoms with Crippen molar-refractivity contribution >= 4 is 11.7 Å². The molecule has 1 aromatic heterocycles. The van der Waals surface area contributed by atoms with Crippen LogP contribution in [0.4, 0.5) is 5.82 Å². The minimum absolute atomic E-state index is 0.0354. The normalized spacial score (nSPS) is 15.7. The lowest BCUT2D eigenvalue weighted by atomic mass is 9.99. The minimum Gasteiger partial charge on any atom is -0.381 e. The van der Waals surface area contributed by atoms with Crippen LogP contribution in [-0.4, -0.2) is 49.1 Å². The van der Waals surface area contributed by atoms with Crippen LogP contribution in [0.25, 0.3) is 0 Å². The molecule has 0 spiro atoms. The van der Waals surface area contributed by atoms with Gasteiger partial charge in [0.25, 0.3) is 5.91 Å². The zero-order chi connectivity index (χ0) is 15.1. The number of amides is 1. The molecule has 21 heavy (non-hydrogen) atoms. The number of pyridine rings is 1. The Morgan fingerprint density at radius 2 is 2.24 bits per heavy atom. The molecule has 1 amide bonds. The van der Waals surface area contributed by atoms with E-state index in [1.165, 1.54) is 0 Å². The average Bonchev–Trinajstić information content (AvgIpc) is 2.53. The van der Waals surface area contributed by atoms with Crippen molar-refractivity contribution in [1.82, 2.24) is 9.88 Å². The Kier molecular flexibility index (Phi) is 5.99. The molecule has 0 unspecified atom stereocenters. The highest BCUT2D eigenvalue weighted by atomic mass is 16.5. The van der Waals surface area contributed by atoms with Gasteiger partial charge in [-0.3, -0.25) is 4.79 Å². The van der Waals surface area contributed by atoms with Crippen LogP contribution in [-0.2, 0) is 4.74 Å². The predicted octanol–water partition coefficient (Wildman–Crippen LogP) is 2.40. The molecule has 0 saturated carbocycles. The summed E-state index contributed by atoms with van der Waals surface area (Å²) in [7, 11) is 1.87. The van der Waals surface area contributed by atoms with Crippen LogP contribution in [0, 0.1) is 5.92 Å². The van der Waals surface area contributed by atoms with Crippen molar-refractivity contribution in [3.63, 3.8) is 0 Å². The van der Waals surface area contributed by atoms with Gasteiger partial charge in [-0.05, 0) is 37.3 Å². The van der Waals surface area contributed by atoms with E-state index < -0.39 is 0 Å². The van der Waals surface area contributed by atoms with E-state index in [1.807, 2.05) is 24.1 Å². The van der Waals surface area contributed by atoms with Gasteiger partial charge < -0.3 is 15.0 Å². The van der Waals surface area contributed by atoms with Gasteiger partial charge in [-0.25, -0.2) is 4.98 Å². The second-order valence-electron chi connectivity index (χ2n) is 5.57. The average molecular weight is 291 g/mol. The van der Waals surface area contributed by atoms with Crippen molar-refractivity contribution in [2.24, 2.45) is 5.92 Å². The molecule has 0 aliphatic carbocycles. The predicted molar refractivity (Wildman–Crippen MR) is 83.5 cm³/mol. The summed E-state index contributed by atoms with van der Waals surface area (Å²) in [5.74, 6) is 1.26. The molecule has 0 radical (unpaired) electrons. The van der Waals surface area contributed by atoms with Gasteiger partial charge in [-0.1, -0.05) is 6.92 Å². The van der Waals surface area contributed by atoms with Crippen molar-refractivity contribution < 1.29 is 9.53 Å². The zero-order valence-corrected chi connectivity index (χ0v) is 13.0. The topological polar surface area (TPSA) is 54.5 Å². The number of hydrogen-bond acceptors (Lipinski definition) is 4. The van der Waals surface area contributed by atoms with Gasteiger partial charge in [0.1, 0.15) is 5.82 Å². The highest BCUT2D eigenvalue weighted by molar-refractivity contribution is 5.98. The molecule has 2 rings (SSSR count). The van der Waals surface area contributed by atoms with Crippen LogP contribution in [0.3, 0.4) is 0 Å². The zero-order valence-electron chi connectivity index (χ0n) is 13.0. The van der Waals surface area contributed by atoms with Crippen LogP contribution in [0.1, 0.15) is 36.5 Å². The quantitative estimate of drug-likeness (QED) is 0.874. The van der Waals surface area contributed by atoms with Crippen LogP contribution in [0.15, 0.2) is 18.3 Å². The van der Waals surface area contributed by atoms with E-state index >= 15 is 0 Å². The SMILES string of the molecule is CCCNc1ncccc1C(=O)N(C)CC1CCOCC1. The fourth-order valence-corrected chi connectivity index (χ4v) is 2.57. The van der Waals surface area contributed by atoms with E-state index in [0.717, 1.165) is 45.6 Å². The number of hydrogen-bond donors (Lipinski definition) is 1. The molecule has 1 aliphatic heterocycles. The van der Waals surface area contributed by atoms with Gasteiger partial charge in [0.05, 0.1) is 5.56 Å². The highest BCUT2D eigenvalue weighted by Crippen LogP contribution is 2.18. The van der Waals surface area contributed by atoms with Crippen molar-refractivity contribution in [2.75, 3.05) is 38.7 Å². The van der Waals surface area contributed by atoms with Gasteiger partial charge in [0.2, 0.25) is 0 Å². The van der Waals surface area contributed by atoms with Gasteiger partial charge >= 0.3 is 0 Å². The molecule has 1 fully saturated rings. The monoisotopic (exact) mass is 291 g/mol. The first kappa shape index (κ1) is 15.8. The van der Waals surface area contributed by atoms with Gasteiger partial charge in [-0.2, -0.15) is 0 Å². The van der Waals surface area contributed by atoms with E-state index in [-0.39, 0.29) is 5.91 Å². The van der Waals surface area contributed by atoms with E-state index in [4.69, 9.17) is 4.74 Å². The summed E-state index contributed by atoms with van der Waals surface area (Å²) in [6.07, 6.45) is 4.78. The summed E-state index contributed by atoms with van der Waals surface area (Å²) in [5, 5.41) is 3.22. The van der Waals surface area contributed by atoms with Gasteiger partial charge in [0, 0.05) is 39.5 Å². The standard InChI is InChI=1S/C16H25N3O2/c1-3-8-17-15-14(5-4-9-18-15)16(20)19(2)12-13-6-10-21-11-7-13/h4-5,9,13H,3,6-8,10-12H2,1-2H3,(H,17,18). The lowest BCUT2D eigenvalue weighted by Crippen LogP contribution is -2.34. The summed E-state index contributed by atoms with van der Waals surface area (Å²) < 4.78 is 5.37. The Labute approximate surface area is 126 Å². The molecule has 1 aromatic rings. The molecule has 0 aromatic carbocycles. The van der Waals surface area contributed by atoms with Crippen molar-refractivity contribution in [2.45, 2.75) is 26.2 Å². The smallest absolute Gasteiger partial charge is 0.257 e. The highest BCUT2D eigenvalue weighted by Gasteiger charge is 2.21. The molecule has 5 heteroatoms. The molecule has 116 valence electrons. The first-order valence-corrected chi connectivity index (χ1v) is 7.74. The Morgan fingerprint density at radius 3 is 2.95 bits per heavy atom. The molecule has 0 atom stereocenters. The van der Waals surface area contributed by atoms with E-state index in [9.17, 15) is 4.79 Å². The molecular weight excluding hydrogens is 266 g/mol. The maximum atomic E-state index is 12.6. The molecular formula is C16H25N3O2. The molecule has 1 N–H and O–H groups in total. The fraction of sp³-hybridized carbons (Fsp3) is 0.625. The summed E-state index contributed by atoms with van der Waals surface area (Å²) in [6.45, 7) is 5.31. The lowest BCUT2D eigenvalue weighted by molar-refractivity contribution is 0.0497. The Hall–Kier alpha value is -1.62. The van der Waals surface area contributed by atoms with Gasteiger partial charge in [0.15, 0.2) is 0 Å². The third-order valence-electron chi connectivity index (χ3n) is 3.80. The maximum absolute atomic E-state index is 12.6. The van der Waals surface area contributed by atoms with Crippen molar-refractivity contribution in [1.29, 1.82) is 0 Å². The van der Waals surface area contributed by atoms with E-state index in [0.29, 0.717) is 17.3 Å². The lowest BCUT2D eigenvalue weighted by Gasteiger charge is -2.27. The van der Waals surface area contributed by atoms with E-state index in [2.05, 4.69) is 17.2 Å². The van der Waals surface area contributed by atoms with E-state index in [1.54, 1.807) is 6.20 Å². The van der Waals surface area contributed by atoms with Crippen LogP contribution < -0.4 is 5.32 Å². The number of aromatic nitrogens is 1. The number of carbonyl (C=O) groups excluding carboxylic acids is 1. The summed E-state index contributed by atoms with van der Waals surface area (Å²) in [4.78, 5) is 18.7. The van der Waals surface area contributed by atoms with Crippen LogP contribution in [0.5, 0.6) is 0 Å². The molecule has 5 nitrogen and oxygen atoms in total. The summed E-state index contributed by atoms with van der Waals surface area (Å²) in [5.41, 5.74) is 0.653.